The van der Waals surface area contributed by atoms with E-state index < -0.39 is 0 Å². The van der Waals surface area contributed by atoms with E-state index >= 15 is 0 Å². The molecule has 1 saturated heterocycles. The van der Waals surface area contributed by atoms with Gasteiger partial charge in [0.15, 0.2) is 0 Å². The molecule has 2 aromatic heterocycles. The summed E-state index contributed by atoms with van der Waals surface area (Å²) in [4.78, 5) is 18.2. The van der Waals surface area contributed by atoms with E-state index in [1.165, 1.54) is 5.69 Å². The van der Waals surface area contributed by atoms with Gasteiger partial charge in [-0.25, -0.2) is 9.97 Å². The topological polar surface area (TPSA) is 66.9 Å². The van der Waals surface area contributed by atoms with Crippen molar-refractivity contribution < 1.29 is 4.74 Å². The first-order valence-corrected chi connectivity index (χ1v) is 6.47. The SMILES string of the molecule is COc1ccnc(N2CCC(c3cnc[nH]3)CC2)n1. The number of aromatic nitrogens is 4. The van der Waals surface area contributed by atoms with E-state index in [1.807, 2.05) is 6.20 Å². The Hall–Kier alpha value is -2.11. The standard InChI is InChI=1S/C13H17N5O/c1-19-12-2-5-15-13(17-12)18-6-3-10(4-7-18)11-8-14-9-16-11/h2,5,8-10H,3-4,6-7H2,1H3,(H,14,16). The number of imidazole rings is 1. The molecule has 19 heavy (non-hydrogen) atoms. The first kappa shape index (κ1) is 12.0. The number of aromatic amines is 1. The van der Waals surface area contributed by atoms with E-state index in [9.17, 15) is 0 Å². The van der Waals surface area contributed by atoms with Crippen molar-refractivity contribution in [3.8, 4) is 5.88 Å². The molecule has 100 valence electrons. The fourth-order valence-corrected chi connectivity index (χ4v) is 2.48. The number of hydrogen-bond donors (Lipinski definition) is 1. The summed E-state index contributed by atoms with van der Waals surface area (Å²) in [6.45, 7) is 1.91. The summed E-state index contributed by atoms with van der Waals surface area (Å²) < 4.78 is 5.13. The maximum Gasteiger partial charge on any atom is 0.228 e. The Kier molecular flexibility index (Phi) is 3.31. The van der Waals surface area contributed by atoms with E-state index in [0.29, 0.717) is 11.8 Å². The lowest BCUT2D eigenvalue weighted by molar-refractivity contribution is 0.395. The van der Waals surface area contributed by atoms with Gasteiger partial charge in [0.2, 0.25) is 11.8 Å². The van der Waals surface area contributed by atoms with Crippen molar-refractivity contribution in [2.75, 3.05) is 25.1 Å². The molecule has 0 saturated carbocycles. The van der Waals surface area contributed by atoms with Crippen molar-refractivity contribution >= 4 is 5.95 Å². The predicted molar refractivity (Wildman–Crippen MR) is 71.4 cm³/mol. The molecule has 2 aromatic rings. The van der Waals surface area contributed by atoms with Crippen LogP contribution in [0.2, 0.25) is 0 Å². The minimum absolute atomic E-state index is 0.560. The maximum atomic E-state index is 5.13. The van der Waals surface area contributed by atoms with Crippen LogP contribution in [0, 0.1) is 0 Å². The van der Waals surface area contributed by atoms with Gasteiger partial charge in [0.05, 0.1) is 13.4 Å². The number of anilines is 1. The number of methoxy groups -OCH3 is 1. The fourth-order valence-electron chi connectivity index (χ4n) is 2.48. The third-order valence-corrected chi connectivity index (χ3v) is 3.56. The lowest BCUT2D eigenvalue weighted by Crippen LogP contribution is -2.34. The van der Waals surface area contributed by atoms with Crippen LogP contribution in [0.3, 0.4) is 0 Å². The summed E-state index contributed by atoms with van der Waals surface area (Å²) in [7, 11) is 1.62. The summed E-state index contributed by atoms with van der Waals surface area (Å²) in [5, 5.41) is 0. The van der Waals surface area contributed by atoms with Crippen molar-refractivity contribution in [2.24, 2.45) is 0 Å². The van der Waals surface area contributed by atoms with Gasteiger partial charge in [-0.05, 0) is 12.8 Å². The highest BCUT2D eigenvalue weighted by Crippen LogP contribution is 2.28. The zero-order valence-corrected chi connectivity index (χ0v) is 10.9. The highest BCUT2D eigenvalue weighted by atomic mass is 16.5. The van der Waals surface area contributed by atoms with E-state index in [1.54, 1.807) is 25.7 Å². The largest absolute Gasteiger partial charge is 0.481 e. The van der Waals surface area contributed by atoms with Gasteiger partial charge >= 0.3 is 0 Å². The summed E-state index contributed by atoms with van der Waals surface area (Å²) in [6, 6.07) is 1.76. The molecule has 6 heteroatoms. The molecule has 0 spiro atoms. The van der Waals surface area contributed by atoms with Gasteiger partial charge in [-0.1, -0.05) is 0 Å². The number of ether oxygens (including phenoxy) is 1. The summed E-state index contributed by atoms with van der Waals surface area (Å²) in [5.41, 5.74) is 1.23. The second kappa shape index (κ2) is 5.26. The number of piperidine rings is 1. The second-order valence-electron chi connectivity index (χ2n) is 4.67. The molecule has 0 amide bonds. The molecule has 0 bridgehead atoms. The van der Waals surface area contributed by atoms with Crippen LogP contribution in [0.15, 0.2) is 24.8 Å². The quantitative estimate of drug-likeness (QED) is 0.906. The molecule has 0 radical (unpaired) electrons. The Morgan fingerprint density at radius 1 is 1.37 bits per heavy atom. The van der Waals surface area contributed by atoms with Crippen molar-refractivity contribution in [1.29, 1.82) is 0 Å². The van der Waals surface area contributed by atoms with E-state index in [0.717, 1.165) is 31.9 Å². The van der Waals surface area contributed by atoms with Crippen LogP contribution in [0.5, 0.6) is 5.88 Å². The molecule has 1 N–H and O–H groups in total. The highest BCUT2D eigenvalue weighted by molar-refractivity contribution is 5.33. The van der Waals surface area contributed by atoms with Gasteiger partial charge in [-0.3, -0.25) is 0 Å². The van der Waals surface area contributed by atoms with Crippen LogP contribution >= 0.6 is 0 Å². The molecule has 1 aliphatic rings. The lowest BCUT2D eigenvalue weighted by Gasteiger charge is -2.31. The van der Waals surface area contributed by atoms with Crippen molar-refractivity contribution in [3.05, 3.63) is 30.5 Å². The van der Waals surface area contributed by atoms with Crippen LogP contribution in [-0.4, -0.2) is 40.1 Å². The lowest BCUT2D eigenvalue weighted by atomic mass is 9.94. The number of rotatable bonds is 3. The van der Waals surface area contributed by atoms with E-state index in [-0.39, 0.29) is 0 Å². The predicted octanol–water partition coefficient (Wildman–Crippen LogP) is 1.59. The molecule has 3 heterocycles. The van der Waals surface area contributed by atoms with Crippen LogP contribution in [0.4, 0.5) is 5.95 Å². The number of H-pyrrole nitrogens is 1. The average molecular weight is 259 g/mol. The van der Waals surface area contributed by atoms with Crippen molar-refractivity contribution in [1.82, 2.24) is 19.9 Å². The molecule has 6 nitrogen and oxygen atoms in total. The van der Waals surface area contributed by atoms with Gasteiger partial charge in [0.1, 0.15) is 0 Å². The highest BCUT2D eigenvalue weighted by Gasteiger charge is 2.23. The van der Waals surface area contributed by atoms with Crippen LogP contribution in [-0.2, 0) is 0 Å². The zero-order valence-electron chi connectivity index (χ0n) is 10.9. The molecule has 3 rings (SSSR count). The van der Waals surface area contributed by atoms with Gasteiger partial charge < -0.3 is 14.6 Å². The van der Waals surface area contributed by atoms with Gasteiger partial charge in [-0.15, -0.1) is 0 Å². The minimum Gasteiger partial charge on any atom is -0.481 e. The minimum atomic E-state index is 0.560. The number of nitrogens with one attached hydrogen (secondary N) is 1. The first-order chi connectivity index (χ1) is 9.36. The summed E-state index contributed by atoms with van der Waals surface area (Å²) >= 11 is 0. The van der Waals surface area contributed by atoms with Crippen LogP contribution < -0.4 is 9.64 Å². The van der Waals surface area contributed by atoms with Crippen LogP contribution in [0.25, 0.3) is 0 Å². The second-order valence-corrected chi connectivity index (χ2v) is 4.67. The Morgan fingerprint density at radius 3 is 2.89 bits per heavy atom. The Balaban J connectivity index is 1.66. The number of nitrogens with zero attached hydrogens (tertiary/aromatic N) is 4. The fraction of sp³-hybridized carbons (Fsp3) is 0.462. The molecular formula is C13H17N5O. The van der Waals surface area contributed by atoms with Crippen molar-refractivity contribution in [3.63, 3.8) is 0 Å². The third-order valence-electron chi connectivity index (χ3n) is 3.56. The zero-order chi connectivity index (χ0) is 13.1. The molecular weight excluding hydrogens is 242 g/mol. The monoisotopic (exact) mass is 259 g/mol. The Labute approximate surface area is 111 Å². The molecule has 0 atom stereocenters. The first-order valence-electron chi connectivity index (χ1n) is 6.47. The van der Waals surface area contributed by atoms with E-state index in [4.69, 9.17) is 4.74 Å². The van der Waals surface area contributed by atoms with Gasteiger partial charge in [-0.2, -0.15) is 4.98 Å². The number of hydrogen-bond acceptors (Lipinski definition) is 5. The smallest absolute Gasteiger partial charge is 0.228 e. The average Bonchev–Trinajstić information content (AvgIpc) is 3.02. The van der Waals surface area contributed by atoms with Crippen molar-refractivity contribution in [2.45, 2.75) is 18.8 Å². The summed E-state index contributed by atoms with van der Waals surface area (Å²) in [5.74, 6) is 1.92. The maximum absolute atomic E-state index is 5.13. The molecule has 1 aliphatic heterocycles. The van der Waals surface area contributed by atoms with Gasteiger partial charge in [0, 0.05) is 43.2 Å². The van der Waals surface area contributed by atoms with E-state index in [2.05, 4.69) is 24.8 Å². The molecule has 0 aliphatic carbocycles. The van der Waals surface area contributed by atoms with Crippen LogP contribution in [0.1, 0.15) is 24.5 Å². The van der Waals surface area contributed by atoms with Gasteiger partial charge in [0.25, 0.3) is 0 Å². The Bertz CT molecular complexity index is 520. The Morgan fingerprint density at radius 2 is 2.21 bits per heavy atom. The molecule has 0 aromatic carbocycles. The normalized spacial score (nSPS) is 16.6. The summed E-state index contributed by atoms with van der Waals surface area (Å²) in [6.07, 6.45) is 7.57. The molecule has 0 unspecified atom stereocenters. The third kappa shape index (κ3) is 2.52. The molecule has 1 fully saturated rings.